The smallest absolute Gasteiger partial charge is 0.257 e. The molecule has 0 radical (unpaired) electrons. The highest BCUT2D eigenvalue weighted by atomic mass is 32.1. The molecule has 1 aliphatic heterocycles. The van der Waals surface area contributed by atoms with Gasteiger partial charge in [0, 0.05) is 43.5 Å². The summed E-state index contributed by atoms with van der Waals surface area (Å²) in [7, 11) is 0. The zero-order valence-corrected chi connectivity index (χ0v) is 18.9. The normalized spacial score (nSPS) is 15.5. The third-order valence-corrected chi connectivity index (χ3v) is 6.41. The second kappa shape index (κ2) is 8.32. The van der Waals surface area contributed by atoms with Crippen molar-refractivity contribution in [2.45, 2.75) is 39.7 Å². The fraction of sp³-hybridized carbons (Fsp3) is 0.435. The van der Waals surface area contributed by atoms with Crippen LogP contribution in [0.1, 0.15) is 48.1 Å². The number of carbonyl (C=O) groups is 1. The van der Waals surface area contributed by atoms with Gasteiger partial charge in [0.2, 0.25) is 5.13 Å². The number of hydrogen-bond acceptors (Lipinski definition) is 5. The summed E-state index contributed by atoms with van der Waals surface area (Å²) in [6.45, 7) is 12.6. The van der Waals surface area contributed by atoms with Gasteiger partial charge in [-0.05, 0) is 12.5 Å². The van der Waals surface area contributed by atoms with Crippen molar-refractivity contribution in [1.82, 2.24) is 24.6 Å². The quantitative estimate of drug-likeness (QED) is 0.639. The van der Waals surface area contributed by atoms with Gasteiger partial charge < -0.3 is 4.90 Å². The number of rotatable bonds is 4. The third kappa shape index (κ3) is 4.32. The molecule has 2 aromatic heterocycles. The van der Waals surface area contributed by atoms with Gasteiger partial charge in [-0.25, -0.2) is 9.67 Å². The van der Waals surface area contributed by atoms with Crippen LogP contribution in [0.4, 0.5) is 0 Å². The number of aromatic nitrogens is 3. The van der Waals surface area contributed by atoms with E-state index in [1.165, 1.54) is 5.56 Å². The van der Waals surface area contributed by atoms with Crippen molar-refractivity contribution in [3.8, 4) is 5.13 Å². The standard InChI is InChI=1S/C23H29N5OS/c1-17-19(14-24-28(17)22-25-20(16-30-22)23(2,3)4)21(29)27-12-10-26(11-13-27)15-18-8-6-5-7-9-18/h5-9,14,16H,10-13,15H2,1-4H3. The summed E-state index contributed by atoms with van der Waals surface area (Å²) in [5, 5.41) is 7.36. The van der Waals surface area contributed by atoms with Crippen LogP contribution in [0.25, 0.3) is 5.13 Å². The van der Waals surface area contributed by atoms with Gasteiger partial charge in [-0.1, -0.05) is 51.1 Å². The first-order valence-corrected chi connectivity index (χ1v) is 11.3. The fourth-order valence-corrected chi connectivity index (χ4v) is 4.70. The van der Waals surface area contributed by atoms with Crippen molar-refractivity contribution >= 4 is 17.2 Å². The number of thiazole rings is 1. The maximum Gasteiger partial charge on any atom is 0.257 e. The molecule has 0 N–H and O–H groups in total. The summed E-state index contributed by atoms with van der Waals surface area (Å²) in [5.41, 5.74) is 3.86. The third-order valence-electron chi connectivity index (χ3n) is 5.59. The first-order valence-electron chi connectivity index (χ1n) is 10.4. The molecule has 1 aromatic carbocycles. The monoisotopic (exact) mass is 423 g/mol. The zero-order chi connectivity index (χ0) is 21.3. The molecule has 0 unspecified atom stereocenters. The van der Waals surface area contributed by atoms with Crippen LogP contribution in [0.5, 0.6) is 0 Å². The predicted octanol–water partition coefficient (Wildman–Crippen LogP) is 3.89. The molecule has 1 fully saturated rings. The summed E-state index contributed by atoms with van der Waals surface area (Å²) >= 11 is 1.56. The summed E-state index contributed by atoms with van der Waals surface area (Å²) < 4.78 is 1.79. The van der Waals surface area contributed by atoms with Gasteiger partial charge in [0.05, 0.1) is 23.1 Å². The topological polar surface area (TPSA) is 54.3 Å². The number of hydrogen-bond donors (Lipinski definition) is 0. The first kappa shape index (κ1) is 20.8. The highest BCUT2D eigenvalue weighted by Gasteiger charge is 2.26. The van der Waals surface area contributed by atoms with Crippen LogP contribution in [0.2, 0.25) is 0 Å². The average Bonchev–Trinajstić information content (AvgIpc) is 3.35. The fourth-order valence-electron chi connectivity index (χ4n) is 3.64. The second-order valence-electron chi connectivity index (χ2n) is 8.87. The molecule has 1 amide bonds. The lowest BCUT2D eigenvalue weighted by molar-refractivity contribution is 0.0627. The molecule has 30 heavy (non-hydrogen) atoms. The molecule has 3 heterocycles. The van der Waals surface area contributed by atoms with Crippen LogP contribution in [0, 0.1) is 6.92 Å². The number of carbonyl (C=O) groups excluding carboxylic acids is 1. The largest absolute Gasteiger partial charge is 0.336 e. The van der Waals surface area contributed by atoms with E-state index < -0.39 is 0 Å². The van der Waals surface area contributed by atoms with Crippen molar-refractivity contribution in [1.29, 1.82) is 0 Å². The van der Waals surface area contributed by atoms with Gasteiger partial charge in [-0.3, -0.25) is 9.69 Å². The second-order valence-corrected chi connectivity index (χ2v) is 9.71. The van der Waals surface area contributed by atoms with Crippen molar-refractivity contribution in [3.05, 3.63) is 64.4 Å². The number of nitrogens with zero attached hydrogens (tertiary/aromatic N) is 5. The Kier molecular flexibility index (Phi) is 5.75. The minimum Gasteiger partial charge on any atom is -0.336 e. The Hall–Kier alpha value is -2.51. The summed E-state index contributed by atoms with van der Waals surface area (Å²) in [5.74, 6) is 0.0608. The van der Waals surface area contributed by atoms with Crippen LogP contribution in [0.3, 0.4) is 0 Å². The first-order chi connectivity index (χ1) is 14.3. The van der Waals surface area contributed by atoms with E-state index in [0.717, 1.165) is 49.2 Å². The summed E-state index contributed by atoms with van der Waals surface area (Å²) in [4.78, 5) is 22.2. The van der Waals surface area contributed by atoms with Gasteiger partial charge in [-0.15, -0.1) is 11.3 Å². The van der Waals surface area contributed by atoms with Gasteiger partial charge in [0.25, 0.3) is 5.91 Å². The molecule has 1 saturated heterocycles. The van der Waals surface area contributed by atoms with Gasteiger partial charge in [0.1, 0.15) is 0 Å². The van der Waals surface area contributed by atoms with Crippen LogP contribution in [-0.2, 0) is 12.0 Å². The van der Waals surface area contributed by atoms with E-state index in [0.29, 0.717) is 5.56 Å². The molecule has 7 heteroatoms. The number of piperazine rings is 1. The number of benzene rings is 1. The lowest BCUT2D eigenvalue weighted by atomic mass is 9.93. The Bertz CT molecular complexity index is 1010. The minimum atomic E-state index is -0.00607. The van der Waals surface area contributed by atoms with Crippen LogP contribution in [-0.4, -0.2) is 56.7 Å². The zero-order valence-electron chi connectivity index (χ0n) is 18.1. The van der Waals surface area contributed by atoms with Crippen molar-refractivity contribution in [2.75, 3.05) is 26.2 Å². The SMILES string of the molecule is Cc1c(C(=O)N2CCN(Cc3ccccc3)CC2)cnn1-c1nc(C(C)(C)C)cs1. The highest BCUT2D eigenvalue weighted by Crippen LogP contribution is 2.27. The molecule has 1 aliphatic rings. The van der Waals surface area contributed by atoms with E-state index in [9.17, 15) is 4.79 Å². The van der Waals surface area contributed by atoms with E-state index in [1.54, 1.807) is 22.2 Å². The lowest BCUT2D eigenvalue weighted by Gasteiger charge is -2.34. The average molecular weight is 424 g/mol. The molecule has 6 nitrogen and oxygen atoms in total. The van der Waals surface area contributed by atoms with Gasteiger partial charge in [0.15, 0.2) is 0 Å². The van der Waals surface area contributed by atoms with Crippen LogP contribution in [0.15, 0.2) is 41.9 Å². The van der Waals surface area contributed by atoms with Crippen molar-refractivity contribution < 1.29 is 4.79 Å². The minimum absolute atomic E-state index is 0.00607. The Morgan fingerprint density at radius 2 is 1.80 bits per heavy atom. The van der Waals surface area contributed by atoms with E-state index in [2.05, 4.69) is 60.4 Å². The molecule has 0 bridgehead atoms. The molecule has 0 atom stereocenters. The number of amides is 1. The Labute approximate surface area is 182 Å². The van der Waals surface area contributed by atoms with E-state index in [-0.39, 0.29) is 11.3 Å². The molecule has 0 aliphatic carbocycles. The van der Waals surface area contributed by atoms with Crippen LogP contribution >= 0.6 is 11.3 Å². The van der Waals surface area contributed by atoms with E-state index in [4.69, 9.17) is 4.98 Å². The highest BCUT2D eigenvalue weighted by molar-refractivity contribution is 7.12. The van der Waals surface area contributed by atoms with Gasteiger partial charge >= 0.3 is 0 Å². The molecule has 3 aromatic rings. The molecule has 0 spiro atoms. The summed E-state index contributed by atoms with van der Waals surface area (Å²) in [6, 6.07) is 10.5. The molecule has 0 saturated carbocycles. The Morgan fingerprint density at radius 1 is 1.10 bits per heavy atom. The molecule has 4 rings (SSSR count). The maximum absolute atomic E-state index is 13.1. The van der Waals surface area contributed by atoms with E-state index >= 15 is 0 Å². The maximum atomic E-state index is 13.1. The predicted molar refractivity (Wildman–Crippen MR) is 120 cm³/mol. The van der Waals surface area contributed by atoms with Crippen molar-refractivity contribution in [3.63, 3.8) is 0 Å². The Morgan fingerprint density at radius 3 is 2.43 bits per heavy atom. The Balaban J connectivity index is 1.42. The molecular formula is C23H29N5OS. The lowest BCUT2D eigenvalue weighted by Crippen LogP contribution is -2.48. The summed E-state index contributed by atoms with van der Waals surface area (Å²) in [6.07, 6.45) is 1.69. The van der Waals surface area contributed by atoms with Crippen molar-refractivity contribution in [2.24, 2.45) is 0 Å². The van der Waals surface area contributed by atoms with E-state index in [1.807, 2.05) is 17.9 Å². The molecular weight excluding hydrogens is 394 g/mol. The molecule has 158 valence electrons. The van der Waals surface area contributed by atoms with Crippen LogP contribution < -0.4 is 0 Å². The van der Waals surface area contributed by atoms with Gasteiger partial charge in [-0.2, -0.15) is 5.10 Å².